The minimum absolute atomic E-state index is 0.161. The van der Waals surface area contributed by atoms with Crippen LogP contribution in [0.25, 0.3) is 0 Å². The Morgan fingerprint density at radius 2 is 2.24 bits per heavy atom. The van der Waals surface area contributed by atoms with E-state index in [1.54, 1.807) is 11.8 Å². The first-order valence-electron chi connectivity index (χ1n) is 7.02. The summed E-state index contributed by atoms with van der Waals surface area (Å²) in [7, 11) is 1.42. The van der Waals surface area contributed by atoms with Gasteiger partial charge in [0.25, 0.3) is 0 Å². The zero-order valence-corrected chi connectivity index (χ0v) is 13.2. The van der Waals surface area contributed by atoms with Crippen molar-refractivity contribution in [1.29, 1.82) is 0 Å². The maximum absolute atomic E-state index is 11.1. The van der Waals surface area contributed by atoms with E-state index in [4.69, 9.17) is 9.47 Å². The van der Waals surface area contributed by atoms with Gasteiger partial charge in [0.15, 0.2) is 11.5 Å². The molecule has 1 aromatic rings. The molecule has 0 radical (unpaired) electrons. The van der Waals surface area contributed by atoms with Gasteiger partial charge in [-0.1, -0.05) is 13.0 Å². The summed E-state index contributed by atoms with van der Waals surface area (Å²) < 4.78 is 15.4. The number of esters is 1. The molecule has 1 N–H and O–H groups in total. The molecule has 0 aliphatic carbocycles. The molecule has 1 atom stereocenters. The molecule has 1 aromatic carbocycles. The van der Waals surface area contributed by atoms with Gasteiger partial charge < -0.3 is 19.5 Å². The van der Waals surface area contributed by atoms with E-state index in [-0.39, 0.29) is 12.0 Å². The van der Waals surface area contributed by atoms with Gasteiger partial charge in [0, 0.05) is 17.5 Å². The number of hydrogen-bond donors (Lipinski definition) is 1. The topological polar surface area (TPSA) is 56.8 Å². The molecule has 6 heteroatoms. The maximum Gasteiger partial charge on any atom is 0.306 e. The van der Waals surface area contributed by atoms with Crippen molar-refractivity contribution in [3.05, 3.63) is 23.8 Å². The number of carbonyl (C=O) groups excluding carboxylic acids is 1. The first kappa shape index (κ1) is 16.0. The van der Waals surface area contributed by atoms with Gasteiger partial charge in [-0.25, -0.2) is 0 Å². The lowest BCUT2D eigenvalue weighted by Crippen LogP contribution is -2.23. The second kappa shape index (κ2) is 8.14. The van der Waals surface area contributed by atoms with E-state index in [1.165, 1.54) is 12.7 Å². The van der Waals surface area contributed by atoms with Gasteiger partial charge in [-0.3, -0.25) is 4.79 Å². The standard InChI is InChI=1S/C15H21NO4S/c1-3-16-12(9-21-7-6-15(17)18-2)11-4-5-13-14(8-11)20-10-19-13/h4-5,8,12,16H,3,6-7,9-10H2,1-2H3. The van der Waals surface area contributed by atoms with E-state index in [0.717, 1.165) is 29.5 Å². The van der Waals surface area contributed by atoms with Crippen LogP contribution in [0.4, 0.5) is 0 Å². The predicted molar refractivity (Wildman–Crippen MR) is 82.9 cm³/mol. The maximum atomic E-state index is 11.1. The number of methoxy groups -OCH3 is 1. The average Bonchev–Trinajstić information content (AvgIpc) is 2.97. The van der Waals surface area contributed by atoms with Crippen LogP contribution in [0.1, 0.15) is 24.9 Å². The molecule has 0 saturated carbocycles. The highest BCUT2D eigenvalue weighted by Gasteiger charge is 2.17. The van der Waals surface area contributed by atoms with Crippen molar-refractivity contribution < 1.29 is 19.0 Å². The second-order valence-corrected chi connectivity index (χ2v) is 5.77. The summed E-state index contributed by atoms with van der Waals surface area (Å²) in [5, 5.41) is 3.46. The summed E-state index contributed by atoms with van der Waals surface area (Å²) in [6.07, 6.45) is 0.446. The molecule has 2 rings (SSSR count). The van der Waals surface area contributed by atoms with Crippen LogP contribution in [0, 0.1) is 0 Å². The predicted octanol–water partition coefficient (Wildman–Crippen LogP) is 2.36. The Morgan fingerprint density at radius 3 is 3.00 bits per heavy atom. The monoisotopic (exact) mass is 311 g/mol. The van der Waals surface area contributed by atoms with Crippen LogP contribution in [-0.4, -0.2) is 37.9 Å². The number of ether oxygens (including phenoxy) is 3. The van der Waals surface area contributed by atoms with E-state index in [0.29, 0.717) is 13.2 Å². The molecule has 0 fully saturated rings. The molecule has 21 heavy (non-hydrogen) atoms. The molecule has 0 spiro atoms. The number of fused-ring (bicyclic) bond motifs is 1. The van der Waals surface area contributed by atoms with Crippen molar-refractivity contribution in [2.45, 2.75) is 19.4 Å². The fraction of sp³-hybridized carbons (Fsp3) is 0.533. The molecule has 116 valence electrons. The van der Waals surface area contributed by atoms with E-state index in [2.05, 4.69) is 23.0 Å². The summed E-state index contributed by atoms with van der Waals surface area (Å²) in [5.41, 5.74) is 1.17. The Balaban J connectivity index is 1.90. The molecule has 1 unspecified atom stereocenters. The van der Waals surface area contributed by atoms with E-state index in [1.807, 2.05) is 12.1 Å². The quantitative estimate of drug-likeness (QED) is 0.587. The Labute approximate surface area is 129 Å². The normalized spacial score (nSPS) is 14.0. The van der Waals surface area contributed by atoms with Gasteiger partial charge in [0.05, 0.1) is 13.5 Å². The van der Waals surface area contributed by atoms with Crippen LogP contribution in [0.15, 0.2) is 18.2 Å². The first-order chi connectivity index (χ1) is 10.2. The second-order valence-electron chi connectivity index (χ2n) is 4.62. The van der Waals surface area contributed by atoms with Gasteiger partial charge in [0.2, 0.25) is 6.79 Å². The van der Waals surface area contributed by atoms with Crippen molar-refractivity contribution in [2.24, 2.45) is 0 Å². The molecule has 1 aliphatic heterocycles. The molecular weight excluding hydrogens is 290 g/mol. The van der Waals surface area contributed by atoms with Gasteiger partial charge in [-0.15, -0.1) is 0 Å². The third kappa shape index (κ3) is 4.54. The van der Waals surface area contributed by atoms with Crippen LogP contribution in [0.2, 0.25) is 0 Å². The highest BCUT2D eigenvalue weighted by molar-refractivity contribution is 7.99. The zero-order chi connectivity index (χ0) is 15.1. The number of hydrogen-bond acceptors (Lipinski definition) is 6. The molecule has 0 aromatic heterocycles. The minimum Gasteiger partial charge on any atom is -0.469 e. The van der Waals surface area contributed by atoms with Gasteiger partial charge in [-0.05, 0) is 24.2 Å². The Kier molecular flexibility index (Phi) is 6.20. The van der Waals surface area contributed by atoms with Crippen LogP contribution < -0.4 is 14.8 Å². The molecule has 0 amide bonds. The fourth-order valence-corrected chi connectivity index (χ4v) is 3.13. The molecule has 1 aliphatic rings. The summed E-state index contributed by atoms with van der Waals surface area (Å²) in [5.74, 6) is 3.09. The number of carbonyl (C=O) groups is 1. The van der Waals surface area contributed by atoms with Crippen LogP contribution >= 0.6 is 11.8 Å². The van der Waals surface area contributed by atoms with Gasteiger partial charge in [-0.2, -0.15) is 11.8 Å². The third-order valence-electron chi connectivity index (χ3n) is 3.21. The Morgan fingerprint density at radius 1 is 1.43 bits per heavy atom. The molecular formula is C15H21NO4S. The number of nitrogens with one attached hydrogen (secondary N) is 1. The first-order valence-corrected chi connectivity index (χ1v) is 8.17. The van der Waals surface area contributed by atoms with Crippen LogP contribution in [-0.2, 0) is 9.53 Å². The highest BCUT2D eigenvalue weighted by atomic mass is 32.2. The number of thioether (sulfide) groups is 1. The van der Waals surface area contributed by atoms with Crippen LogP contribution in [0.5, 0.6) is 11.5 Å². The van der Waals surface area contributed by atoms with Gasteiger partial charge >= 0.3 is 5.97 Å². The lowest BCUT2D eigenvalue weighted by Gasteiger charge is -2.18. The Hall–Kier alpha value is -1.40. The smallest absolute Gasteiger partial charge is 0.306 e. The molecule has 1 heterocycles. The largest absolute Gasteiger partial charge is 0.469 e. The van der Waals surface area contributed by atoms with E-state index in [9.17, 15) is 4.79 Å². The summed E-state index contributed by atoms with van der Waals surface area (Å²) in [6, 6.07) is 6.26. The minimum atomic E-state index is -0.161. The Bertz CT molecular complexity index is 481. The number of benzene rings is 1. The lowest BCUT2D eigenvalue weighted by atomic mass is 10.1. The average molecular weight is 311 g/mol. The molecule has 0 bridgehead atoms. The van der Waals surface area contributed by atoms with Crippen molar-refractivity contribution in [3.63, 3.8) is 0 Å². The summed E-state index contributed by atoms with van der Waals surface area (Å²) in [4.78, 5) is 11.1. The molecule has 5 nitrogen and oxygen atoms in total. The van der Waals surface area contributed by atoms with Crippen molar-refractivity contribution in [2.75, 3.05) is 32.0 Å². The summed E-state index contributed by atoms with van der Waals surface area (Å²) in [6.45, 7) is 3.26. The van der Waals surface area contributed by atoms with Gasteiger partial charge in [0.1, 0.15) is 0 Å². The van der Waals surface area contributed by atoms with Crippen molar-refractivity contribution >= 4 is 17.7 Å². The van der Waals surface area contributed by atoms with Crippen molar-refractivity contribution in [1.82, 2.24) is 5.32 Å². The van der Waals surface area contributed by atoms with E-state index >= 15 is 0 Å². The van der Waals surface area contributed by atoms with Crippen molar-refractivity contribution in [3.8, 4) is 11.5 Å². The highest BCUT2D eigenvalue weighted by Crippen LogP contribution is 2.34. The fourth-order valence-electron chi connectivity index (χ4n) is 2.11. The molecule has 0 saturated heterocycles. The SMILES string of the molecule is CCNC(CSCCC(=O)OC)c1ccc2c(c1)OCO2. The zero-order valence-electron chi connectivity index (χ0n) is 12.4. The number of rotatable bonds is 8. The van der Waals surface area contributed by atoms with E-state index < -0.39 is 0 Å². The third-order valence-corrected chi connectivity index (χ3v) is 4.27. The summed E-state index contributed by atoms with van der Waals surface area (Å²) >= 11 is 1.74. The lowest BCUT2D eigenvalue weighted by molar-refractivity contribution is -0.140. The van der Waals surface area contributed by atoms with Crippen LogP contribution in [0.3, 0.4) is 0 Å².